The molecule has 2 aliphatic rings. The summed E-state index contributed by atoms with van der Waals surface area (Å²) in [6, 6.07) is 3.14. The molecule has 0 bridgehead atoms. The van der Waals surface area contributed by atoms with Crippen molar-refractivity contribution >= 4 is 11.3 Å². The number of nitrogens with zero attached hydrogens (tertiary/aromatic N) is 1. The van der Waals surface area contributed by atoms with Crippen LogP contribution in [0.15, 0.2) is 16.8 Å². The molecule has 1 N–H and O–H groups in total. The summed E-state index contributed by atoms with van der Waals surface area (Å²) in [5.41, 5.74) is 1.91. The summed E-state index contributed by atoms with van der Waals surface area (Å²) in [7, 11) is 0. The first-order valence-electron chi connectivity index (χ1n) is 7.81. The van der Waals surface area contributed by atoms with Crippen LogP contribution in [0.1, 0.15) is 51.0 Å². The molecule has 3 heteroatoms. The van der Waals surface area contributed by atoms with Crippen molar-refractivity contribution < 1.29 is 0 Å². The number of hydrogen-bond acceptors (Lipinski definition) is 3. The molecule has 3 rings (SSSR count). The van der Waals surface area contributed by atoms with Crippen molar-refractivity contribution in [2.75, 3.05) is 13.1 Å². The van der Waals surface area contributed by atoms with Gasteiger partial charge in [0.2, 0.25) is 0 Å². The molecule has 1 aliphatic carbocycles. The van der Waals surface area contributed by atoms with Gasteiger partial charge in [0.25, 0.3) is 0 Å². The smallest absolute Gasteiger partial charge is 0.0309 e. The van der Waals surface area contributed by atoms with E-state index >= 15 is 0 Å². The Kier molecular flexibility index (Phi) is 4.25. The van der Waals surface area contributed by atoms with E-state index in [1.165, 1.54) is 57.2 Å². The third-order valence-electron chi connectivity index (χ3n) is 4.60. The third kappa shape index (κ3) is 3.39. The van der Waals surface area contributed by atoms with Gasteiger partial charge in [0.15, 0.2) is 0 Å². The van der Waals surface area contributed by atoms with Gasteiger partial charge in [-0.05, 0) is 61.0 Å². The summed E-state index contributed by atoms with van der Waals surface area (Å²) in [6.45, 7) is 5.95. The molecule has 1 aromatic rings. The molecule has 2 nitrogen and oxygen atoms in total. The summed E-state index contributed by atoms with van der Waals surface area (Å²) in [4.78, 5) is 2.75. The lowest BCUT2D eigenvalue weighted by molar-refractivity contribution is 0.169. The van der Waals surface area contributed by atoms with Crippen molar-refractivity contribution in [2.45, 2.75) is 63.6 Å². The maximum absolute atomic E-state index is 3.82. The first-order valence-corrected chi connectivity index (χ1v) is 8.76. The van der Waals surface area contributed by atoms with E-state index in [1.807, 2.05) is 11.3 Å². The number of nitrogens with one attached hydrogen (secondary N) is 1. The van der Waals surface area contributed by atoms with E-state index in [4.69, 9.17) is 0 Å². The van der Waals surface area contributed by atoms with E-state index in [2.05, 4.69) is 34.0 Å². The van der Waals surface area contributed by atoms with E-state index in [0.717, 1.165) is 12.6 Å². The van der Waals surface area contributed by atoms with Gasteiger partial charge in [0.1, 0.15) is 0 Å². The normalized spacial score (nSPS) is 27.3. The second kappa shape index (κ2) is 5.94. The lowest BCUT2D eigenvalue weighted by Gasteiger charge is -2.36. The van der Waals surface area contributed by atoms with Crippen LogP contribution in [-0.4, -0.2) is 29.6 Å². The lowest BCUT2D eigenvalue weighted by atomic mass is 9.91. The Balaban J connectivity index is 1.66. The highest BCUT2D eigenvalue weighted by molar-refractivity contribution is 7.07. The van der Waals surface area contributed by atoms with Crippen molar-refractivity contribution in [3.63, 3.8) is 0 Å². The Hall–Kier alpha value is -0.380. The van der Waals surface area contributed by atoms with Gasteiger partial charge in [-0.2, -0.15) is 11.3 Å². The molecule has 1 saturated carbocycles. The van der Waals surface area contributed by atoms with Crippen LogP contribution in [0.3, 0.4) is 0 Å². The first-order chi connectivity index (χ1) is 9.31. The first kappa shape index (κ1) is 13.6. The van der Waals surface area contributed by atoms with Gasteiger partial charge < -0.3 is 5.32 Å². The molecular weight excluding hydrogens is 252 g/mol. The van der Waals surface area contributed by atoms with Crippen molar-refractivity contribution in [1.29, 1.82) is 0 Å². The molecule has 2 fully saturated rings. The maximum atomic E-state index is 3.82. The summed E-state index contributed by atoms with van der Waals surface area (Å²) in [6.07, 6.45) is 8.17. The zero-order chi connectivity index (χ0) is 13.1. The molecule has 19 heavy (non-hydrogen) atoms. The zero-order valence-electron chi connectivity index (χ0n) is 12.0. The quantitative estimate of drug-likeness (QED) is 0.819. The van der Waals surface area contributed by atoms with E-state index in [1.54, 1.807) is 0 Å². The SMILES string of the molecule is CCCC1(CN(Cc2ccsc2)C2CC2)CCCN1. The van der Waals surface area contributed by atoms with Crippen LogP contribution in [0.25, 0.3) is 0 Å². The van der Waals surface area contributed by atoms with Gasteiger partial charge >= 0.3 is 0 Å². The molecule has 1 saturated heterocycles. The summed E-state index contributed by atoms with van der Waals surface area (Å²) in [5.74, 6) is 0. The van der Waals surface area contributed by atoms with Crippen molar-refractivity contribution in [3.8, 4) is 0 Å². The molecule has 0 spiro atoms. The monoisotopic (exact) mass is 278 g/mol. The zero-order valence-corrected chi connectivity index (χ0v) is 12.8. The van der Waals surface area contributed by atoms with Crippen LogP contribution in [-0.2, 0) is 6.54 Å². The Morgan fingerprint density at radius 1 is 1.47 bits per heavy atom. The molecule has 1 unspecified atom stereocenters. The minimum atomic E-state index is 0.410. The van der Waals surface area contributed by atoms with Crippen LogP contribution in [0.5, 0.6) is 0 Å². The Bertz CT molecular complexity index is 377. The second-order valence-electron chi connectivity index (χ2n) is 6.33. The predicted octanol–water partition coefficient (Wildman–Crippen LogP) is 3.63. The second-order valence-corrected chi connectivity index (χ2v) is 7.11. The van der Waals surface area contributed by atoms with E-state index < -0.39 is 0 Å². The van der Waals surface area contributed by atoms with Gasteiger partial charge in [-0.15, -0.1) is 0 Å². The van der Waals surface area contributed by atoms with Gasteiger partial charge in [-0.25, -0.2) is 0 Å². The van der Waals surface area contributed by atoms with Crippen LogP contribution in [0.4, 0.5) is 0 Å². The molecule has 2 heterocycles. The van der Waals surface area contributed by atoms with Gasteiger partial charge in [-0.3, -0.25) is 4.90 Å². The molecule has 1 aliphatic heterocycles. The maximum Gasteiger partial charge on any atom is 0.0309 e. The van der Waals surface area contributed by atoms with Gasteiger partial charge in [0.05, 0.1) is 0 Å². The summed E-state index contributed by atoms with van der Waals surface area (Å²) in [5, 5.41) is 8.34. The van der Waals surface area contributed by atoms with Crippen molar-refractivity contribution in [3.05, 3.63) is 22.4 Å². The molecule has 1 aromatic heterocycles. The van der Waals surface area contributed by atoms with Crippen LogP contribution in [0.2, 0.25) is 0 Å². The van der Waals surface area contributed by atoms with Gasteiger partial charge in [-0.1, -0.05) is 13.3 Å². The highest BCUT2D eigenvalue weighted by Gasteiger charge is 2.38. The fraction of sp³-hybridized carbons (Fsp3) is 0.750. The molecule has 0 aromatic carbocycles. The van der Waals surface area contributed by atoms with Gasteiger partial charge in [0, 0.05) is 24.7 Å². The minimum Gasteiger partial charge on any atom is -0.310 e. The fourth-order valence-electron chi connectivity index (χ4n) is 3.53. The van der Waals surface area contributed by atoms with Crippen LogP contribution >= 0.6 is 11.3 Å². The number of rotatable bonds is 7. The average molecular weight is 278 g/mol. The Labute approximate surface area is 121 Å². The standard InChI is InChI=1S/C16H26N2S/c1-2-7-16(8-3-9-17-16)13-18(15-4-5-15)11-14-6-10-19-12-14/h6,10,12,15,17H,2-5,7-9,11,13H2,1H3. The largest absolute Gasteiger partial charge is 0.310 e. The van der Waals surface area contributed by atoms with E-state index in [-0.39, 0.29) is 0 Å². The summed E-state index contributed by atoms with van der Waals surface area (Å²) < 4.78 is 0. The van der Waals surface area contributed by atoms with E-state index in [9.17, 15) is 0 Å². The fourth-order valence-corrected chi connectivity index (χ4v) is 4.19. The number of hydrogen-bond donors (Lipinski definition) is 1. The Morgan fingerprint density at radius 2 is 2.37 bits per heavy atom. The van der Waals surface area contributed by atoms with Crippen LogP contribution < -0.4 is 5.32 Å². The minimum absolute atomic E-state index is 0.410. The van der Waals surface area contributed by atoms with E-state index in [0.29, 0.717) is 5.54 Å². The average Bonchev–Trinajstić information content (AvgIpc) is 2.94. The van der Waals surface area contributed by atoms with Crippen LogP contribution in [0, 0.1) is 0 Å². The molecule has 106 valence electrons. The lowest BCUT2D eigenvalue weighted by Crippen LogP contribution is -2.50. The van der Waals surface area contributed by atoms with Crippen molar-refractivity contribution in [2.24, 2.45) is 0 Å². The Morgan fingerprint density at radius 3 is 2.95 bits per heavy atom. The highest BCUT2D eigenvalue weighted by atomic mass is 32.1. The summed E-state index contributed by atoms with van der Waals surface area (Å²) >= 11 is 1.82. The molecule has 0 amide bonds. The topological polar surface area (TPSA) is 15.3 Å². The highest BCUT2D eigenvalue weighted by Crippen LogP contribution is 2.33. The number of thiophene rings is 1. The molecule has 1 atom stereocenters. The van der Waals surface area contributed by atoms with Crippen molar-refractivity contribution in [1.82, 2.24) is 10.2 Å². The molecule has 0 radical (unpaired) electrons. The predicted molar refractivity (Wildman–Crippen MR) is 82.6 cm³/mol. The third-order valence-corrected chi connectivity index (χ3v) is 5.33. The molecular formula is C16H26N2S.